The van der Waals surface area contributed by atoms with E-state index in [0.717, 1.165) is 0 Å². The van der Waals surface area contributed by atoms with E-state index >= 15 is 0 Å². The van der Waals surface area contributed by atoms with Gasteiger partial charge in [-0.3, -0.25) is 0 Å². The SMILES string of the molecule is CCCCCCCCCCCCCCCCCCS/C=C\c1ccccc1. The highest BCUT2D eigenvalue weighted by atomic mass is 32.2. The van der Waals surface area contributed by atoms with Gasteiger partial charge in [-0.15, -0.1) is 11.8 Å². The summed E-state index contributed by atoms with van der Waals surface area (Å²) in [6.07, 6.45) is 25.3. The first-order valence-corrected chi connectivity index (χ1v) is 12.8. The lowest BCUT2D eigenvalue weighted by molar-refractivity contribution is 0.532. The number of hydrogen-bond acceptors (Lipinski definition) is 1. The molecule has 0 heterocycles. The summed E-state index contributed by atoms with van der Waals surface area (Å²) in [5.74, 6) is 1.27. The summed E-state index contributed by atoms with van der Waals surface area (Å²) in [6, 6.07) is 10.6. The van der Waals surface area contributed by atoms with Crippen molar-refractivity contribution in [3.05, 3.63) is 41.3 Å². The van der Waals surface area contributed by atoms with Crippen LogP contribution in [0.3, 0.4) is 0 Å². The highest BCUT2D eigenvalue weighted by molar-refractivity contribution is 8.02. The number of rotatable bonds is 19. The Balaban J connectivity index is 1.71. The van der Waals surface area contributed by atoms with Crippen LogP contribution < -0.4 is 0 Å². The van der Waals surface area contributed by atoms with Gasteiger partial charge < -0.3 is 0 Å². The summed E-state index contributed by atoms with van der Waals surface area (Å²) in [6.45, 7) is 2.30. The summed E-state index contributed by atoms with van der Waals surface area (Å²) >= 11 is 1.95. The molecule has 1 rings (SSSR count). The van der Waals surface area contributed by atoms with E-state index in [4.69, 9.17) is 0 Å². The predicted molar refractivity (Wildman–Crippen MR) is 127 cm³/mol. The number of unbranched alkanes of at least 4 members (excludes halogenated alkanes) is 15. The number of hydrogen-bond donors (Lipinski definition) is 0. The van der Waals surface area contributed by atoms with Crippen LogP contribution in [0.1, 0.15) is 115 Å². The van der Waals surface area contributed by atoms with Crippen molar-refractivity contribution >= 4 is 17.8 Å². The van der Waals surface area contributed by atoms with Crippen LogP contribution in [0.2, 0.25) is 0 Å². The molecule has 1 heteroatoms. The molecule has 154 valence electrons. The highest BCUT2D eigenvalue weighted by Crippen LogP contribution is 2.15. The fourth-order valence-electron chi connectivity index (χ4n) is 3.49. The van der Waals surface area contributed by atoms with E-state index in [1.54, 1.807) is 0 Å². The van der Waals surface area contributed by atoms with Gasteiger partial charge >= 0.3 is 0 Å². The monoisotopic (exact) mass is 388 g/mol. The molecule has 0 bridgehead atoms. The van der Waals surface area contributed by atoms with Gasteiger partial charge in [0, 0.05) is 0 Å². The average Bonchev–Trinajstić information content (AvgIpc) is 2.70. The Morgan fingerprint density at radius 1 is 0.593 bits per heavy atom. The van der Waals surface area contributed by atoms with Crippen molar-refractivity contribution in [2.75, 3.05) is 5.75 Å². The molecule has 0 nitrogen and oxygen atoms in total. The zero-order chi connectivity index (χ0) is 19.3. The van der Waals surface area contributed by atoms with E-state index in [2.05, 4.69) is 48.7 Å². The van der Waals surface area contributed by atoms with Gasteiger partial charge in [0.25, 0.3) is 0 Å². The van der Waals surface area contributed by atoms with E-state index in [1.807, 2.05) is 11.8 Å². The second-order valence-electron chi connectivity index (χ2n) is 7.89. The first kappa shape index (κ1) is 24.3. The van der Waals surface area contributed by atoms with Crippen LogP contribution >= 0.6 is 11.8 Å². The van der Waals surface area contributed by atoms with Gasteiger partial charge in [0.2, 0.25) is 0 Å². The maximum Gasteiger partial charge on any atom is -0.00260 e. The molecular weight excluding hydrogens is 344 g/mol. The Hall–Kier alpha value is -0.690. The standard InChI is InChI=1S/C26H44S/c1-2-3-4-5-6-7-8-9-10-11-12-13-14-15-16-20-24-27-25-23-26-21-18-17-19-22-26/h17-19,21-23,25H,2-16,20,24H2,1H3/b25-23-. The topological polar surface area (TPSA) is 0 Å². The third-order valence-corrected chi connectivity index (χ3v) is 6.12. The fourth-order valence-corrected chi connectivity index (χ4v) is 4.25. The minimum absolute atomic E-state index is 1.27. The molecule has 1 aromatic carbocycles. The molecule has 0 saturated carbocycles. The summed E-state index contributed by atoms with van der Waals surface area (Å²) in [4.78, 5) is 0. The van der Waals surface area contributed by atoms with Crippen LogP contribution in [-0.2, 0) is 0 Å². The van der Waals surface area contributed by atoms with E-state index in [-0.39, 0.29) is 0 Å². The molecule has 0 N–H and O–H groups in total. The normalized spacial score (nSPS) is 11.4. The lowest BCUT2D eigenvalue weighted by Gasteiger charge is -2.03. The van der Waals surface area contributed by atoms with Crippen molar-refractivity contribution in [2.24, 2.45) is 0 Å². The highest BCUT2D eigenvalue weighted by Gasteiger charge is 1.94. The maximum atomic E-state index is 2.30. The van der Waals surface area contributed by atoms with Crippen molar-refractivity contribution in [1.82, 2.24) is 0 Å². The number of thioether (sulfide) groups is 1. The second-order valence-corrected chi connectivity index (χ2v) is 8.90. The Kier molecular flexibility index (Phi) is 18.1. The largest absolute Gasteiger partial charge is 0.134 e. The molecule has 0 amide bonds. The lowest BCUT2D eigenvalue weighted by atomic mass is 10.0. The molecule has 0 aliphatic rings. The zero-order valence-electron chi connectivity index (χ0n) is 18.0. The summed E-state index contributed by atoms with van der Waals surface area (Å²) in [5.41, 5.74) is 1.30. The first-order chi connectivity index (χ1) is 13.4. The van der Waals surface area contributed by atoms with Crippen molar-refractivity contribution in [3.63, 3.8) is 0 Å². The van der Waals surface area contributed by atoms with Crippen LogP contribution in [0.25, 0.3) is 6.08 Å². The Bertz CT molecular complexity index is 423. The molecule has 0 saturated heterocycles. The van der Waals surface area contributed by atoms with Crippen LogP contribution in [0.5, 0.6) is 0 Å². The molecule has 0 aromatic heterocycles. The van der Waals surface area contributed by atoms with E-state index in [0.29, 0.717) is 0 Å². The minimum atomic E-state index is 1.27. The molecule has 0 atom stereocenters. The summed E-state index contributed by atoms with van der Waals surface area (Å²) in [5, 5.41) is 2.25. The quantitative estimate of drug-likeness (QED) is 0.212. The van der Waals surface area contributed by atoms with Crippen molar-refractivity contribution in [2.45, 2.75) is 110 Å². The molecule has 1 aromatic rings. The van der Waals surface area contributed by atoms with Gasteiger partial charge in [-0.25, -0.2) is 0 Å². The summed E-state index contributed by atoms with van der Waals surface area (Å²) < 4.78 is 0. The fraction of sp³-hybridized carbons (Fsp3) is 0.692. The maximum absolute atomic E-state index is 2.30. The third kappa shape index (κ3) is 17.2. The van der Waals surface area contributed by atoms with Gasteiger partial charge in [0.05, 0.1) is 0 Å². The zero-order valence-corrected chi connectivity index (χ0v) is 18.8. The van der Waals surface area contributed by atoms with Gasteiger partial charge in [-0.1, -0.05) is 134 Å². The Morgan fingerprint density at radius 3 is 1.52 bits per heavy atom. The molecular formula is C26H44S. The van der Waals surface area contributed by atoms with Gasteiger partial charge in [0.1, 0.15) is 0 Å². The van der Waals surface area contributed by atoms with Crippen LogP contribution in [0, 0.1) is 0 Å². The first-order valence-electron chi connectivity index (χ1n) is 11.8. The lowest BCUT2D eigenvalue weighted by Crippen LogP contribution is -1.84. The second kappa shape index (κ2) is 20.1. The Morgan fingerprint density at radius 2 is 1.04 bits per heavy atom. The van der Waals surface area contributed by atoms with Crippen LogP contribution in [-0.4, -0.2) is 5.75 Å². The van der Waals surface area contributed by atoms with Gasteiger partial charge in [-0.2, -0.15) is 0 Å². The average molecular weight is 389 g/mol. The van der Waals surface area contributed by atoms with Crippen LogP contribution in [0.4, 0.5) is 0 Å². The smallest absolute Gasteiger partial charge is 0.00260 e. The van der Waals surface area contributed by atoms with Crippen LogP contribution in [0.15, 0.2) is 35.7 Å². The molecule has 0 aliphatic heterocycles. The Labute approximate surface area is 174 Å². The van der Waals surface area contributed by atoms with Crippen molar-refractivity contribution in [3.8, 4) is 0 Å². The minimum Gasteiger partial charge on any atom is -0.134 e. The molecule has 27 heavy (non-hydrogen) atoms. The van der Waals surface area contributed by atoms with E-state index in [9.17, 15) is 0 Å². The molecule has 0 unspecified atom stereocenters. The van der Waals surface area contributed by atoms with E-state index in [1.165, 1.54) is 114 Å². The third-order valence-electron chi connectivity index (χ3n) is 5.27. The van der Waals surface area contributed by atoms with Crippen molar-refractivity contribution < 1.29 is 0 Å². The van der Waals surface area contributed by atoms with E-state index < -0.39 is 0 Å². The molecule has 0 spiro atoms. The van der Waals surface area contributed by atoms with Gasteiger partial charge in [0.15, 0.2) is 0 Å². The molecule has 0 fully saturated rings. The van der Waals surface area contributed by atoms with Gasteiger partial charge in [-0.05, 0) is 29.2 Å². The van der Waals surface area contributed by atoms with Crippen molar-refractivity contribution in [1.29, 1.82) is 0 Å². The number of benzene rings is 1. The summed E-state index contributed by atoms with van der Waals surface area (Å²) in [7, 11) is 0. The molecule has 0 radical (unpaired) electrons. The predicted octanol–water partition coefficient (Wildman–Crippen LogP) is 9.65. The molecule has 0 aliphatic carbocycles.